The van der Waals surface area contributed by atoms with Gasteiger partial charge in [-0.05, 0) is 56.0 Å². The molecule has 1 heterocycles. The highest BCUT2D eigenvalue weighted by atomic mass is 16.5. The lowest BCUT2D eigenvalue weighted by molar-refractivity contribution is -0.147. The number of rotatable bonds is 9. The van der Waals surface area contributed by atoms with Crippen molar-refractivity contribution in [3.63, 3.8) is 0 Å². The van der Waals surface area contributed by atoms with Gasteiger partial charge in [0.1, 0.15) is 11.9 Å². The first kappa shape index (κ1) is 20.9. The predicted molar refractivity (Wildman–Crippen MR) is 114 cm³/mol. The van der Waals surface area contributed by atoms with Gasteiger partial charge in [-0.25, -0.2) is 0 Å². The Kier molecular flexibility index (Phi) is 6.94. The van der Waals surface area contributed by atoms with Crippen molar-refractivity contribution in [2.45, 2.75) is 51.9 Å². The maximum absolute atomic E-state index is 11.8. The molecule has 154 valence electrons. The fourth-order valence-corrected chi connectivity index (χ4v) is 3.65. The summed E-state index contributed by atoms with van der Waals surface area (Å²) in [4.78, 5) is 11.8. The van der Waals surface area contributed by atoms with Crippen molar-refractivity contribution in [2.75, 3.05) is 7.11 Å². The van der Waals surface area contributed by atoms with Crippen molar-refractivity contribution >= 4 is 16.9 Å². The van der Waals surface area contributed by atoms with Crippen LogP contribution >= 0.6 is 0 Å². The molecule has 2 aromatic carbocycles. The maximum atomic E-state index is 11.8. The van der Waals surface area contributed by atoms with Gasteiger partial charge in [-0.1, -0.05) is 30.3 Å². The summed E-state index contributed by atoms with van der Waals surface area (Å²) in [6.45, 7) is 3.89. The first-order valence-corrected chi connectivity index (χ1v) is 10.0. The van der Waals surface area contributed by atoms with Crippen LogP contribution in [0.5, 0.6) is 5.75 Å². The molecule has 3 aromatic rings. The molecule has 2 atom stereocenters. The fourth-order valence-electron chi connectivity index (χ4n) is 3.65. The van der Waals surface area contributed by atoms with Crippen molar-refractivity contribution in [2.24, 2.45) is 0 Å². The number of para-hydroxylation sites is 1. The number of esters is 1. The Balaban J connectivity index is 1.97. The minimum absolute atomic E-state index is 0.298. The Morgan fingerprint density at radius 2 is 1.83 bits per heavy atom. The molecule has 0 radical (unpaired) electrons. The number of hydrogen-bond donors (Lipinski definition) is 1. The number of benzene rings is 2. The lowest BCUT2D eigenvalue weighted by Crippen LogP contribution is -2.15. The molecule has 0 aliphatic carbocycles. The number of carbonyl (C=O) groups excluding carboxylic acids is 1. The van der Waals surface area contributed by atoms with E-state index < -0.39 is 0 Å². The monoisotopic (exact) mass is 395 g/mol. The third kappa shape index (κ3) is 5.39. The van der Waals surface area contributed by atoms with E-state index >= 15 is 0 Å². The Morgan fingerprint density at radius 3 is 2.48 bits per heavy atom. The molecular weight excluding hydrogens is 366 g/mol. The van der Waals surface area contributed by atoms with Gasteiger partial charge in [-0.3, -0.25) is 4.79 Å². The van der Waals surface area contributed by atoms with Crippen LogP contribution in [-0.4, -0.2) is 28.9 Å². The number of hydrogen-bond acceptors (Lipinski definition) is 4. The highest BCUT2D eigenvalue weighted by molar-refractivity contribution is 5.81. The molecule has 0 aliphatic rings. The number of aliphatic hydroxyl groups excluding tert-OH is 1. The zero-order chi connectivity index (χ0) is 20.8. The Labute approximate surface area is 171 Å². The van der Waals surface area contributed by atoms with Crippen molar-refractivity contribution in [1.29, 1.82) is 0 Å². The van der Waals surface area contributed by atoms with Gasteiger partial charge in [-0.2, -0.15) is 0 Å². The van der Waals surface area contributed by atoms with Gasteiger partial charge >= 0.3 is 5.97 Å². The maximum Gasteiger partial charge on any atom is 0.303 e. The Morgan fingerprint density at radius 1 is 1.10 bits per heavy atom. The van der Waals surface area contributed by atoms with E-state index in [9.17, 15) is 9.90 Å². The van der Waals surface area contributed by atoms with E-state index in [2.05, 4.69) is 22.8 Å². The van der Waals surface area contributed by atoms with Crippen molar-refractivity contribution < 1.29 is 19.4 Å². The second-order valence-corrected chi connectivity index (χ2v) is 7.44. The van der Waals surface area contributed by atoms with Crippen molar-refractivity contribution in [3.8, 4) is 5.75 Å². The standard InChI is InChI=1S/C24H29NO4/c1-17(26)7-6-10-24(29-18(2)27)23-15-20-8-4-5-9-22(20)25(23)16-19-11-13-21(28-3)14-12-19/h4-5,8-9,11-15,17,24,26H,6-7,10,16H2,1-3H3. The molecule has 29 heavy (non-hydrogen) atoms. The molecule has 0 saturated carbocycles. The Bertz CT molecular complexity index is 943. The molecule has 0 saturated heterocycles. The van der Waals surface area contributed by atoms with Crippen molar-refractivity contribution in [3.05, 3.63) is 65.9 Å². The summed E-state index contributed by atoms with van der Waals surface area (Å²) in [6, 6.07) is 18.3. The third-order valence-corrected chi connectivity index (χ3v) is 5.07. The van der Waals surface area contributed by atoms with E-state index in [0.717, 1.165) is 34.3 Å². The predicted octanol–water partition coefficient (Wildman–Crippen LogP) is 4.85. The largest absolute Gasteiger partial charge is 0.497 e. The quantitative estimate of drug-likeness (QED) is 0.526. The van der Waals surface area contributed by atoms with Crippen LogP contribution in [0.1, 0.15) is 50.5 Å². The van der Waals surface area contributed by atoms with Crippen LogP contribution in [0.15, 0.2) is 54.6 Å². The van der Waals surface area contributed by atoms with Crippen LogP contribution < -0.4 is 4.74 Å². The van der Waals surface area contributed by atoms with Gasteiger partial charge in [0.05, 0.1) is 18.9 Å². The number of nitrogens with zero attached hydrogens (tertiary/aromatic N) is 1. The van der Waals surface area contributed by atoms with Gasteiger partial charge in [0.2, 0.25) is 0 Å². The molecule has 5 heteroatoms. The van der Waals surface area contributed by atoms with Crippen LogP contribution in [0, 0.1) is 0 Å². The minimum atomic E-state index is -0.363. The summed E-state index contributed by atoms with van der Waals surface area (Å²) in [6.07, 6.45) is 1.41. The van der Waals surface area contributed by atoms with Gasteiger partial charge in [0.25, 0.3) is 0 Å². The normalized spacial score (nSPS) is 13.2. The number of aliphatic hydroxyl groups is 1. The molecule has 0 bridgehead atoms. The highest BCUT2D eigenvalue weighted by Crippen LogP contribution is 2.31. The summed E-state index contributed by atoms with van der Waals surface area (Å²) in [5.74, 6) is 0.524. The third-order valence-electron chi connectivity index (χ3n) is 5.07. The zero-order valence-corrected chi connectivity index (χ0v) is 17.3. The summed E-state index contributed by atoms with van der Waals surface area (Å²) >= 11 is 0. The first-order valence-electron chi connectivity index (χ1n) is 10.0. The smallest absolute Gasteiger partial charge is 0.303 e. The average Bonchev–Trinajstić information content (AvgIpc) is 3.06. The van der Waals surface area contributed by atoms with E-state index in [1.165, 1.54) is 6.92 Å². The SMILES string of the molecule is COc1ccc(Cn2c(C(CCCC(C)O)OC(C)=O)cc3ccccc32)cc1. The summed E-state index contributed by atoms with van der Waals surface area (Å²) in [7, 11) is 1.66. The Hall–Kier alpha value is -2.79. The van der Waals surface area contributed by atoms with Crippen LogP contribution in [0.4, 0.5) is 0 Å². The molecule has 1 N–H and O–H groups in total. The molecule has 2 unspecified atom stereocenters. The lowest BCUT2D eigenvalue weighted by atomic mass is 10.1. The molecule has 0 fully saturated rings. The second-order valence-electron chi connectivity index (χ2n) is 7.44. The lowest BCUT2D eigenvalue weighted by Gasteiger charge is -2.21. The number of carbonyl (C=O) groups is 1. The van der Waals surface area contributed by atoms with Gasteiger partial charge in [-0.15, -0.1) is 0 Å². The summed E-state index contributed by atoms with van der Waals surface area (Å²) in [5, 5.41) is 10.7. The number of aromatic nitrogens is 1. The molecule has 3 rings (SSSR count). The molecular formula is C24H29NO4. The van der Waals surface area contributed by atoms with E-state index in [0.29, 0.717) is 19.4 Å². The average molecular weight is 395 g/mol. The van der Waals surface area contributed by atoms with E-state index in [4.69, 9.17) is 9.47 Å². The fraction of sp³-hybridized carbons (Fsp3) is 0.375. The number of methoxy groups -OCH3 is 1. The molecule has 1 aromatic heterocycles. The van der Waals surface area contributed by atoms with Gasteiger partial charge < -0.3 is 19.1 Å². The molecule has 5 nitrogen and oxygen atoms in total. The van der Waals surface area contributed by atoms with Crippen LogP contribution in [0.25, 0.3) is 10.9 Å². The summed E-state index contributed by atoms with van der Waals surface area (Å²) < 4.78 is 13.2. The second kappa shape index (κ2) is 9.61. The molecule has 0 spiro atoms. The topological polar surface area (TPSA) is 60.7 Å². The number of fused-ring (bicyclic) bond motifs is 1. The van der Waals surface area contributed by atoms with Crippen LogP contribution in [0.2, 0.25) is 0 Å². The van der Waals surface area contributed by atoms with Crippen molar-refractivity contribution in [1.82, 2.24) is 4.57 Å². The van der Waals surface area contributed by atoms with Crippen LogP contribution in [-0.2, 0) is 16.1 Å². The minimum Gasteiger partial charge on any atom is -0.497 e. The zero-order valence-electron chi connectivity index (χ0n) is 17.3. The molecule has 0 aliphatic heterocycles. The molecule has 0 amide bonds. The van der Waals surface area contributed by atoms with Gasteiger partial charge in [0, 0.05) is 24.4 Å². The first-order chi connectivity index (χ1) is 14.0. The van der Waals surface area contributed by atoms with E-state index in [1.54, 1.807) is 14.0 Å². The highest BCUT2D eigenvalue weighted by Gasteiger charge is 2.21. The van der Waals surface area contributed by atoms with E-state index in [1.807, 2.05) is 36.4 Å². The van der Waals surface area contributed by atoms with Gasteiger partial charge in [0.15, 0.2) is 0 Å². The number of ether oxygens (including phenoxy) is 2. The van der Waals surface area contributed by atoms with Crippen LogP contribution in [0.3, 0.4) is 0 Å². The summed E-state index contributed by atoms with van der Waals surface area (Å²) in [5.41, 5.74) is 3.22. The van der Waals surface area contributed by atoms with E-state index in [-0.39, 0.29) is 18.2 Å².